The van der Waals surface area contributed by atoms with Crippen LogP contribution in [0.4, 0.5) is 0 Å². The van der Waals surface area contributed by atoms with Crippen LogP contribution in [0, 0.1) is 0 Å². The molecule has 4 nitrogen and oxygen atoms in total. The molecule has 16 heavy (non-hydrogen) atoms. The van der Waals surface area contributed by atoms with Crippen LogP contribution in [0.3, 0.4) is 0 Å². The Labute approximate surface area is 95.1 Å². The molecule has 2 rings (SSSR count). The molecule has 2 atom stereocenters. The van der Waals surface area contributed by atoms with Crippen LogP contribution in [0.2, 0.25) is 0 Å². The Morgan fingerprint density at radius 1 is 1.00 bits per heavy atom. The lowest BCUT2D eigenvalue weighted by atomic mass is 10.1. The van der Waals surface area contributed by atoms with Gasteiger partial charge in [0.05, 0.1) is 27.4 Å². The van der Waals surface area contributed by atoms with Crippen LogP contribution in [0.1, 0.15) is 18.6 Å². The average molecular weight is 224 g/mol. The van der Waals surface area contributed by atoms with Crippen molar-refractivity contribution < 1.29 is 18.9 Å². The number of hydrogen-bond donors (Lipinski definition) is 0. The van der Waals surface area contributed by atoms with Gasteiger partial charge in [-0.3, -0.25) is 0 Å². The largest absolute Gasteiger partial charge is 0.493 e. The van der Waals surface area contributed by atoms with E-state index in [1.54, 1.807) is 21.3 Å². The molecular weight excluding hydrogens is 208 g/mol. The zero-order valence-electron chi connectivity index (χ0n) is 9.94. The zero-order chi connectivity index (χ0) is 11.7. The first-order valence-electron chi connectivity index (χ1n) is 5.17. The second-order valence-electron chi connectivity index (χ2n) is 3.69. The molecule has 1 fully saturated rings. The molecule has 0 bridgehead atoms. The van der Waals surface area contributed by atoms with Gasteiger partial charge in [-0.2, -0.15) is 0 Å². The summed E-state index contributed by atoms with van der Waals surface area (Å²) in [4.78, 5) is 0. The summed E-state index contributed by atoms with van der Waals surface area (Å²) in [5.41, 5.74) is 1.01. The number of benzene rings is 1. The minimum Gasteiger partial charge on any atom is -0.493 e. The summed E-state index contributed by atoms with van der Waals surface area (Å²) in [6.07, 6.45) is 0.349. The summed E-state index contributed by atoms with van der Waals surface area (Å²) in [5.74, 6) is 1.97. The number of methoxy groups -OCH3 is 3. The van der Waals surface area contributed by atoms with Crippen LogP contribution in [0.5, 0.6) is 17.2 Å². The van der Waals surface area contributed by atoms with Crippen LogP contribution in [0.25, 0.3) is 0 Å². The van der Waals surface area contributed by atoms with Crippen molar-refractivity contribution in [3.63, 3.8) is 0 Å². The van der Waals surface area contributed by atoms with E-state index in [-0.39, 0.29) is 12.2 Å². The van der Waals surface area contributed by atoms with Crippen LogP contribution in [0.15, 0.2) is 12.1 Å². The second kappa shape index (κ2) is 4.22. The first-order valence-corrected chi connectivity index (χ1v) is 5.17. The van der Waals surface area contributed by atoms with E-state index in [1.165, 1.54) is 0 Å². The molecule has 0 radical (unpaired) electrons. The lowest BCUT2D eigenvalue weighted by Crippen LogP contribution is -1.98. The predicted octanol–water partition coefficient (Wildman–Crippen LogP) is 2.17. The Kier molecular flexibility index (Phi) is 2.92. The Morgan fingerprint density at radius 3 is 2.06 bits per heavy atom. The lowest BCUT2D eigenvalue weighted by Gasteiger charge is -2.14. The van der Waals surface area contributed by atoms with E-state index in [0.717, 1.165) is 5.56 Å². The van der Waals surface area contributed by atoms with Crippen LogP contribution < -0.4 is 14.2 Å². The molecule has 0 aliphatic carbocycles. The molecular formula is C12H16O4. The predicted molar refractivity (Wildman–Crippen MR) is 59.4 cm³/mol. The molecule has 1 aliphatic heterocycles. The molecule has 1 heterocycles. The standard InChI is InChI=1S/C12H16O4/c1-7-10(16-7)8-5-6-9(13-2)12(15-4)11(8)14-3/h5-7,10H,1-4H3. The molecule has 0 amide bonds. The van der Waals surface area contributed by atoms with Gasteiger partial charge in [-0.1, -0.05) is 0 Å². The molecule has 0 N–H and O–H groups in total. The zero-order valence-corrected chi connectivity index (χ0v) is 9.94. The normalized spacial score (nSPS) is 22.8. The fourth-order valence-electron chi connectivity index (χ4n) is 1.86. The first-order chi connectivity index (χ1) is 7.72. The van der Waals surface area contributed by atoms with Gasteiger partial charge in [-0.25, -0.2) is 0 Å². The van der Waals surface area contributed by atoms with Gasteiger partial charge in [0.1, 0.15) is 6.10 Å². The molecule has 0 aromatic heterocycles. The Bertz CT molecular complexity index is 389. The molecule has 0 saturated carbocycles. The van der Waals surface area contributed by atoms with E-state index in [1.807, 2.05) is 19.1 Å². The number of epoxide rings is 1. The molecule has 4 heteroatoms. The van der Waals surface area contributed by atoms with E-state index < -0.39 is 0 Å². The molecule has 1 saturated heterocycles. The van der Waals surface area contributed by atoms with Crippen molar-refractivity contribution in [2.75, 3.05) is 21.3 Å². The fourth-order valence-corrected chi connectivity index (χ4v) is 1.86. The molecule has 1 aromatic rings. The van der Waals surface area contributed by atoms with Crippen molar-refractivity contribution in [2.24, 2.45) is 0 Å². The smallest absolute Gasteiger partial charge is 0.203 e. The van der Waals surface area contributed by atoms with Crippen LogP contribution in [-0.2, 0) is 4.74 Å². The van der Waals surface area contributed by atoms with Gasteiger partial charge in [0.25, 0.3) is 0 Å². The van der Waals surface area contributed by atoms with Gasteiger partial charge in [-0.15, -0.1) is 0 Å². The monoisotopic (exact) mass is 224 g/mol. The maximum absolute atomic E-state index is 5.44. The highest BCUT2D eigenvalue weighted by atomic mass is 16.6. The molecule has 2 unspecified atom stereocenters. The Morgan fingerprint density at radius 2 is 1.62 bits per heavy atom. The van der Waals surface area contributed by atoms with Crippen molar-refractivity contribution in [2.45, 2.75) is 19.1 Å². The SMILES string of the molecule is COc1ccc(C2OC2C)c(OC)c1OC. The fraction of sp³-hybridized carbons (Fsp3) is 0.500. The second-order valence-corrected chi connectivity index (χ2v) is 3.69. The van der Waals surface area contributed by atoms with E-state index in [0.29, 0.717) is 17.2 Å². The summed E-state index contributed by atoms with van der Waals surface area (Å²) < 4.78 is 21.3. The summed E-state index contributed by atoms with van der Waals surface area (Å²) in [6, 6.07) is 3.82. The summed E-state index contributed by atoms with van der Waals surface area (Å²) in [7, 11) is 4.82. The minimum absolute atomic E-state index is 0.106. The molecule has 1 aromatic carbocycles. The maximum Gasteiger partial charge on any atom is 0.203 e. The summed E-state index contributed by atoms with van der Waals surface area (Å²) >= 11 is 0. The molecule has 88 valence electrons. The van der Waals surface area contributed by atoms with Crippen molar-refractivity contribution in [1.29, 1.82) is 0 Å². The number of ether oxygens (including phenoxy) is 4. The number of hydrogen-bond acceptors (Lipinski definition) is 4. The average Bonchev–Trinajstić information content (AvgIpc) is 3.03. The van der Waals surface area contributed by atoms with Crippen LogP contribution in [-0.4, -0.2) is 27.4 Å². The highest BCUT2D eigenvalue weighted by Gasteiger charge is 2.39. The van der Waals surface area contributed by atoms with Gasteiger partial charge in [0.15, 0.2) is 11.5 Å². The van der Waals surface area contributed by atoms with Crippen molar-refractivity contribution in [1.82, 2.24) is 0 Å². The van der Waals surface area contributed by atoms with Gasteiger partial charge >= 0.3 is 0 Å². The van der Waals surface area contributed by atoms with Gasteiger partial charge in [-0.05, 0) is 19.1 Å². The third-order valence-corrected chi connectivity index (χ3v) is 2.75. The Balaban J connectivity index is 2.46. The minimum atomic E-state index is 0.106. The topological polar surface area (TPSA) is 40.2 Å². The summed E-state index contributed by atoms with van der Waals surface area (Å²) in [6.45, 7) is 2.03. The third kappa shape index (κ3) is 1.69. The van der Waals surface area contributed by atoms with E-state index in [4.69, 9.17) is 18.9 Å². The highest BCUT2D eigenvalue weighted by molar-refractivity contribution is 5.57. The molecule has 1 aliphatic rings. The maximum atomic E-state index is 5.44. The lowest BCUT2D eigenvalue weighted by molar-refractivity contribution is 0.317. The molecule has 0 spiro atoms. The summed E-state index contributed by atoms with van der Waals surface area (Å²) in [5, 5.41) is 0. The first kappa shape index (κ1) is 11.1. The Hall–Kier alpha value is -1.42. The van der Waals surface area contributed by atoms with E-state index in [2.05, 4.69) is 0 Å². The third-order valence-electron chi connectivity index (χ3n) is 2.75. The quantitative estimate of drug-likeness (QED) is 0.735. The highest BCUT2D eigenvalue weighted by Crippen LogP contribution is 2.48. The van der Waals surface area contributed by atoms with E-state index in [9.17, 15) is 0 Å². The number of rotatable bonds is 4. The van der Waals surface area contributed by atoms with Gasteiger partial charge in [0.2, 0.25) is 5.75 Å². The van der Waals surface area contributed by atoms with Crippen molar-refractivity contribution in [3.05, 3.63) is 17.7 Å². The van der Waals surface area contributed by atoms with Gasteiger partial charge in [0, 0.05) is 5.56 Å². The van der Waals surface area contributed by atoms with Gasteiger partial charge < -0.3 is 18.9 Å². The van der Waals surface area contributed by atoms with E-state index >= 15 is 0 Å². The van der Waals surface area contributed by atoms with Crippen LogP contribution >= 0.6 is 0 Å². The van der Waals surface area contributed by atoms with Crippen molar-refractivity contribution >= 4 is 0 Å². The van der Waals surface area contributed by atoms with Crippen molar-refractivity contribution in [3.8, 4) is 17.2 Å².